The van der Waals surface area contributed by atoms with Gasteiger partial charge in [0.2, 0.25) is 0 Å². The van der Waals surface area contributed by atoms with Crippen LogP contribution in [0.4, 0.5) is 0 Å². The molecule has 9 heteroatoms. The lowest BCUT2D eigenvalue weighted by molar-refractivity contribution is -0.173. The Balaban J connectivity index is 1.61. The third-order valence-electron chi connectivity index (χ3n) is 4.23. The van der Waals surface area contributed by atoms with Crippen LogP contribution in [0.1, 0.15) is 28.5 Å². The Kier molecular flexibility index (Phi) is 3.69. The molecule has 0 aliphatic carbocycles. The second-order valence-electron chi connectivity index (χ2n) is 5.75. The number of amides is 2. The van der Waals surface area contributed by atoms with E-state index in [1.807, 2.05) is 4.57 Å². The number of imidazole rings is 1. The summed E-state index contributed by atoms with van der Waals surface area (Å²) in [7, 11) is 0. The molecule has 0 saturated carbocycles. The molecule has 0 bridgehead atoms. The van der Waals surface area contributed by atoms with E-state index in [0.717, 1.165) is 12.1 Å². The highest BCUT2D eigenvalue weighted by Gasteiger charge is 2.36. The summed E-state index contributed by atoms with van der Waals surface area (Å²) in [4.78, 5) is 36.6. The van der Waals surface area contributed by atoms with Crippen LogP contribution in [-0.2, 0) is 16.2 Å². The molecule has 2 aromatic heterocycles. The zero-order valence-corrected chi connectivity index (χ0v) is 12.9. The highest BCUT2D eigenvalue weighted by atomic mass is 16.7. The van der Waals surface area contributed by atoms with Crippen LogP contribution >= 0.6 is 0 Å². The van der Waals surface area contributed by atoms with Crippen LogP contribution in [0.15, 0.2) is 31.0 Å². The van der Waals surface area contributed by atoms with Crippen molar-refractivity contribution in [2.45, 2.75) is 19.0 Å². The number of fused-ring (bicyclic) bond motifs is 1. The first-order valence-corrected chi connectivity index (χ1v) is 7.75. The molecule has 2 aliphatic rings. The Morgan fingerprint density at radius 2 is 2.17 bits per heavy atom. The summed E-state index contributed by atoms with van der Waals surface area (Å²) >= 11 is 0. The molecular weight excluding hydrogens is 312 g/mol. The Morgan fingerprint density at radius 3 is 2.92 bits per heavy atom. The molecule has 0 N–H and O–H groups in total. The zero-order valence-electron chi connectivity index (χ0n) is 12.9. The minimum Gasteiger partial charge on any atom is -0.330 e. The number of hydrogen-bond acceptors (Lipinski definition) is 6. The summed E-state index contributed by atoms with van der Waals surface area (Å²) in [5, 5.41) is 8.81. The minimum absolute atomic E-state index is 0.155. The lowest BCUT2D eigenvalue weighted by Crippen LogP contribution is -2.47. The summed E-state index contributed by atoms with van der Waals surface area (Å²) in [5.74, 6) is -0.338. The molecule has 4 heterocycles. The van der Waals surface area contributed by atoms with Crippen LogP contribution in [0, 0.1) is 0 Å². The zero-order chi connectivity index (χ0) is 16.5. The third kappa shape index (κ3) is 2.52. The average Bonchev–Trinajstić information content (AvgIpc) is 3.31. The lowest BCUT2D eigenvalue weighted by Gasteiger charge is -2.34. The molecule has 0 spiro atoms. The van der Waals surface area contributed by atoms with Crippen molar-refractivity contribution in [1.82, 2.24) is 29.7 Å². The molecule has 2 aliphatic heterocycles. The van der Waals surface area contributed by atoms with Gasteiger partial charge in [-0.2, -0.15) is 10.2 Å². The van der Waals surface area contributed by atoms with E-state index in [9.17, 15) is 9.59 Å². The number of nitrogens with zero attached hydrogens (tertiary/aromatic N) is 6. The standard InChI is InChI=1S/C15H16N6O3/c22-14(11-2-3-17-18-6-11)19-8-12-7-16-10-20(12)13(9-19)15(23)21-4-1-5-24-21/h2-3,6-7,10,13H,1,4-5,8-9H2/t13-/m0/s1. The van der Waals surface area contributed by atoms with Gasteiger partial charge in [0.15, 0.2) is 0 Å². The van der Waals surface area contributed by atoms with Gasteiger partial charge in [-0.3, -0.25) is 14.4 Å². The number of rotatable bonds is 2. The molecule has 2 amide bonds. The maximum absolute atomic E-state index is 12.8. The SMILES string of the molecule is O=C(c1ccnnc1)N1Cc2cncn2[C@H](C(=O)N2CCCO2)C1. The number of hydroxylamine groups is 2. The van der Waals surface area contributed by atoms with Gasteiger partial charge in [-0.1, -0.05) is 0 Å². The van der Waals surface area contributed by atoms with E-state index in [1.165, 1.54) is 17.5 Å². The Morgan fingerprint density at radius 1 is 1.25 bits per heavy atom. The second-order valence-corrected chi connectivity index (χ2v) is 5.75. The van der Waals surface area contributed by atoms with Crippen LogP contribution in [0.5, 0.6) is 0 Å². The van der Waals surface area contributed by atoms with Crippen molar-refractivity contribution in [3.63, 3.8) is 0 Å². The summed E-state index contributed by atoms with van der Waals surface area (Å²) < 4.78 is 1.82. The highest BCUT2D eigenvalue weighted by Crippen LogP contribution is 2.25. The fraction of sp³-hybridized carbons (Fsp3) is 0.400. The first-order valence-electron chi connectivity index (χ1n) is 7.75. The summed E-state index contributed by atoms with van der Waals surface area (Å²) in [5.41, 5.74) is 1.26. The Bertz CT molecular complexity index is 756. The van der Waals surface area contributed by atoms with Gasteiger partial charge in [0.25, 0.3) is 11.8 Å². The normalized spacial score (nSPS) is 20.1. The van der Waals surface area contributed by atoms with Crippen molar-refractivity contribution >= 4 is 11.8 Å². The second kappa shape index (κ2) is 6.00. The predicted octanol–water partition coefficient (Wildman–Crippen LogP) is 0.0341. The van der Waals surface area contributed by atoms with Gasteiger partial charge in [-0.25, -0.2) is 10.0 Å². The van der Waals surface area contributed by atoms with Gasteiger partial charge in [0.05, 0.1) is 56.2 Å². The van der Waals surface area contributed by atoms with Crippen molar-refractivity contribution in [2.75, 3.05) is 19.7 Å². The molecule has 24 heavy (non-hydrogen) atoms. The van der Waals surface area contributed by atoms with E-state index >= 15 is 0 Å². The summed E-state index contributed by atoms with van der Waals surface area (Å²) in [6.45, 7) is 1.77. The highest BCUT2D eigenvalue weighted by molar-refractivity contribution is 5.94. The van der Waals surface area contributed by atoms with Gasteiger partial charge in [0, 0.05) is 6.20 Å². The number of carbonyl (C=O) groups is 2. The molecule has 1 atom stereocenters. The summed E-state index contributed by atoms with van der Waals surface area (Å²) in [6, 6.07) is 1.08. The summed E-state index contributed by atoms with van der Waals surface area (Å²) in [6.07, 6.45) is 7.02. The van der Waals surface area contributed by atoms with E-state index in [0.29, 0.717) is 25.3 Å². The predicted molar refractivity (Wildman–Crippen MR) is 80.3 cm³/mol. The van der Waals surface area contributed by atoms with Gasteiger partial charge in [-0.15, -0.1) is 0 Å². The number of hydrogen-bond donors (Lipinski definition) is 0. The van der Waals surface area contributed by atoms with E-state index < -0.39 is 6.04 Å². The van der Waals surface area contributed by atoms with Gasteiger partial charge >= 0.3 is 0 Å². The minimum atomic E-state index is -0.534. The first kappa shape index (κ1) is 14.8. The molecule has 1 fully saturated rings. The first-order chi connectivity index (χ1) is 11.7. The quantitative estimate of drug-likeness (QED) is 0.772. The molecule has 1 saturated heterocycles. The van der Waals surface area contributed by atoms with E-state index in [2.05, 4.69) is 15.2 Å². The molecule has 9 nitrogen and oxygen atoms in total. The smallest absolute Gasteiger partial charge is 0.271 e. The van der Waals surface area contributed by atoms with Gasteiger partial charge in [-0.05, 0) is 12.5 Å². The van der Waals surface area contributed by atoms with Crippen LogP contribution in [-0.4, -0.2) is 61.2 Å². The number of aromatic nitrogens is 4. The topological polar surface area (TPSA) is 93.5 Å². The Hall–Kier alpha value is -2.81. The van der Waals surface area contributed by atoms with E-state index in [4.69, 9.17) is 4.84 Å². The number of carbonyl (C=O) groups excluding carboxylic acids is 2. The third-order valence-corrected chi connectivity index (χ3v) is 4.23. The van der Waals surface area contributed by atoms with Crippen molar-refractivity contribution in [1.29, 1.82) is 0 Å². The molecule has 124 valence electrons. The van der Waals surface area contributed by atoms with Crippen LogP contribution in [0.25, 0.3) is 0 Å². The molecular formula is C15H16N6O3. The van der Waals surface area contributed by atoms with Crippen LogP contribution in [0.2, 0.25) is 0 Å². The molecule has 0 radical (unpaired) electrons. The molecule has 2 aromatic rings. The van der Waals surface area contributed by atoms with Crippen molar-refractivity contribution in [2.24, 2.45) is 0 Å². The largest absolute Gasteiger partial charge is 0.330 e. The van der Waals surface area contributed by atoms with E-state index in [1.54, 1.807) is 23.5 Å². The van der Waals surface area contributed by atoms with Crippen molar-refractivity contribution in [3.05, 3.63) is 42.2 Å². The average molecular weight is 328 g/mol. The van der Waals surface area contributed by atoms with E-state index in [-0.39, 0.29) is 18.4 Å². The van der Waals surface area contributed by atoms with Crippen molar-refractivity contribution < 1.29 is 14.4 Å². The maximum atomic E-state index is 12.8. The van der Waals surface area contributed by atoms with Gasteiger partial charge < -0.3 is 9.47 Å². The van der Waals surface area contributed by atoms with Crippen LogP contribution < -0.4 is 0 Å². The van der Waals surface area contributed by atoms with Crippen molar-refractivity contribution in [3.8, 4) is 0 Å². The Labute approximate surface area is 137 Å². The van der Waals surface area contributed by atoms with Gasteiger partial charge in [0.1, 0.15) is 6.04 Å². The maximum Gasteiger partial charge on any atom is 0.271 e. The fourth-order valence-electron chi connectivity index (χ4n) is 3.03. The lowest BCUT2D eigenvalue weighted by atomic mass is 10.1. The van der Waals surface area contributed by atoms with Crippen LogP contribution in [0.3, 0.4) is 0 Å². The fourth-order valence-corrected chi connectivity index (χ4v) is 3.03. The molecule has 0 aromatic carbocycles. The molecule has 4 rings (SSSR count). The molecule has 0 unspecified atom stereocenters. The monoisotopic (exact) mass is 328 g/mol.